The summed E-state index contributed by atoms with van der Waals surface area (Å²) in [6.45, 7) is 9.17. The van der Waals surface area contributed by atoms with Crippen LogP contribution in [0.5, 0.6) is 5.75 Å². The first-order chi connectivity index (χ1) is 16.1. The second-order valence-electron chi connectivity index (χ2n) is 9.04. The average molecular weight is 469 g/mol. The second-order valence-corrected chi connectivity index (χ2v) is 10.2. The minimum atomic E-state index is -0.0630. The maximum atomic E-state index is 12.3. The standard InChI is InChI=1S/C26H36N4O2S/c1-21-18-30(17-16-28(21)2)33-25-11-6-5-10-24(25)32-20-26(31)27-13-7-14-29-15-12-22-8-3-4-9-23(22)19-29/h3-6,8-11,21H,7,12-20H2,1-2H3,(H,27,31). The molecule has 33 heavy (non-hydrogen) atoms. The number of carbonyl (C=O) groups is 1. The predicted molar refractivity (Wildman–Crippen MR) is 135 cm³/mol. The fourth-order valence-electron chi connectivity index (χ4n) is 4.35. The number of fused-ring (bicyclic) bond motifs is 1. The highest BCUT2D eigenvalue weighted by molar-refractivity contribution is 7.97. The van der Waals surface area contributed by atoms with Crippen molar-refractivity contribution >= 4 is 17.9 Å². The molecule has 1 N–H and O–H groups in total. The zero-order valence-corrected chi connectivity index (χ0v) is 20.7. The van der Waals surface area contributed by atoms with E-state index < -0.39 is 0 Å². The molecule has 178 valence electrons. The molecule has 2 aromatic carbocycles. The highest BCUT2D eigenvalue weighted by atomic mass is 32.2. The average Bonchev–Trinajstić information content (AvgIpc) is 2.83. The normalized spacial score (nSPS) is 19.8. The molecule has 1 fully saturated rings. The Kier molecular flexibility index (Phi) is 8.67. The van der Waals surface area contributed by atoms with E-state index in [1.165, 1.54) is 11.1 Å². The van der Waals surface area contributed by atoms with Crippen molar-refractivity contribution < 1.29 is 9.53 Å². The third-order valence-corrected chi connectivity index (χ3v) is 7.66. The summed E-state index contributed by atoms with van der Waals surface area (Å²) in [5, 5.41) is 3.01. The Bertz CT molecular complexity index is 925. The molecule has 2 heterocycles. The molecule has 2 aliphatic heterocycles. The van der Waals surface area contributed by atoms with Gasteiger partial charge in [-0.15, -0.1) is 0 Å². The molecule has 1 amide bonds. The van der Waals surface area contributed by atoms with Crippen LogP contribution in [0.15, 0.2) is 53.4 Å². The van der Waals surface area contributed by atoms with Crippen molar-refractivity contribution in [2.75, 3.05) is 52.9 Å². The van der Waals surface area contributed by atoms with Crippen LogP contribution in [0.4, 0.5) is 0 Å². The van der Waals surface area contributed by atoms with E-state index in [0.717, 1.165) is 62.8 Å². The van der Waals surface area contributed by atoms with Gasteiger partial charge in [-0.05, 0) is 62.0 Å². The van der Waals surface area contributed by atoms with Gasteiger partial charge in [-0.2, -0.15) is 0 Å². The van der Waals surface area contributed by atoms with Crippen LogP contribution in [0.25, 0.3) is 0 Å². The largest absolute Gasteiger partial charge is 0.483 e. The Hall–Kier alpha value is -2.06. The monoisotopic (exact) mass is 468 g/mol. The lowest BCUT2D eigenvalue weighted by Crippen LogP contribution is -2.47. The molecule has 4 rings (SSSR count). The molecular formula is C26H36N4O2S. The van der Waals surface area contributed by atoms with E-state index in [2.05, 4.69) is 63.7 Å². The van der Waals surface area contributed by atoms with E-state index in [9.17, 15) is 4.79 Å². The Morgan fingerprint density at radius 2 is 1.88 bits per heavy atom. The summed E-state index contributed by atoms with van der Waals surface area (Å²) in [5.74, 6) is 0.711. The maximum Gasteiger partial charge on any atom is 0.257 e. The highest BCUT2D eigenvalue weighted by Crippen LogP contribution is 2.32. The summed E-state index contributed by atoms with van der Waals surface area (Å²) in [5.41, 5.74) is 2.91. The molecule has 0 bridgehead atoms. The van der Waals surface area contributed by atoms with Crippen LogP contribution in [0, 0.1) is 0 Å². The number of piperazine rings is 1. The van der Waals surface area contributed by atoms with Gasteiger partial charge in [0.05, 0.1) is 4.90 Å². The number of carbonyl (C=O) groups excluding carboxylic acids is 1. The van der Waals surface area contributed by atoms with E-state index >= 15 is 0 Å². The molecule has 2 aromatic rings. The van der Waals surface area contributed by atoms with Crippen LogP contribution in [0.2, 0.25) is 0 Å². The van der Waals surface area contributed by atoms with Crippen LogP contribution < -0.4 is 10.1 Å². The number of para-hydroxylation sites is 1. The van der Waals surface area contributed by atoms with Crippen molar-refractivity contribution in [1.29, 1.82) is 0 Å². The summed E-state index contributed by atoms with van der Waals surface area (Å²) in [6, 6.07) is 17.2. The fourth-order valence-corrected chi connectivity index (χ4v) is 5.45. The Labute approximate surface area is 202 Å². The first-order valence-corrected chi connectivity index (χ1v) is 12.8. The van der Waals surface area contributed by atoms with E-state index in [-0.39, 0.29) is 12.5 Å². The van der Waals surface area contributed by atoms with Crippen molar-refractivity contribution in [1.82, 2.24) is 19.4 Å². The summed E-state index contributed by atoms with van der Waals surface area (Å²) in [4.78, 5) is 18.3. The molecule has 1 unspecified atom stereocenters. The molecule has 2 aliphatic rings. The maximum absolute atomic E-state index is 12.3. The molecule has 0 saturated carbocycles. The molecular weight excluding hydrogens is 432 g/mol. The number of nitrogens with zero attached hydrogens (tertiary/aromatic N) is 3. The summed E-state index contributed by atoms with van der Waals surface area (Å²) < 4.78 is 8.28. The fraction of sp³-hybridized carbons (Fsp3) is 0.500. The Morgan fingerprint density at radius 3 is 2.73 bits per heavy atom. The Balaban J connectivity index is 1.16. The minimum Gasteiger partial charge on any atom is -0.483 e. The Morgan fingerprint density at radius 1 is 1.09 bits per heavy atom. The summed E-state index contributed by atoms with van der Waals surface area (Å²) >= 11 is 1.73. The van der Waals surface area contributed by atoms with Crippen LogP contribution >= 0.6 is 11.9 Å². The van der Waals surface area contributed by atoms with Crippen LogP contribution in [-0.4, -0.2) is 79.0 Å². The van der Waals surface area contributed by atoms with Gasteiger partial charge in [0, 0.05) is 51.9 Å². The first-order valence-electron chi connectivity index (χ1n) is 12.0. The predicted octanol–water partition coefficient (Wildman–Crippen LogP) is 3.27. The number of ether oxygens (including phenoxy) is 1. The van der Waals surface area contributed by atoms with Gasteiger partial charge in [0.15, 0.2) is 6.61 Å². The molecule has 6 nitrogen and oxygen atoms in total. The number of hydrogen-bond acceptors (Lipinski definition) is 6. The van der Waals surface area contributed by atoms with Crippen LogP contribution in [0.1, 0.15) is 24.5 Å². The van der Waals surface area contributed by atoms with Crippen molar-refractivity contribution in [2.24, 2.45) is 0 Å². The summed E-state index contributed by atoms with van der Waals surface area (Å²) in [6.07, 6.45) is 2.06. The van der Waals surface area contributed by atoms with E-state index in [4.69, 9.17) is 4.74 Å². The van der Waals surface area contributed by atoms with E-state index in [1.54, 1.807) is 11.9 Å². The molecule has 7 heteroatoms. The highest BCUT2D eigenvalue weighted by Gasteiger charge is 2.22. The van der Waals surface area contributed by atoms with Gasteiger partial charge < -0.3 is 15.0 Å². The lowest BCUT2D eigenvalue weighted by molar-refractivity contribution is -0.123. The SMILES string of the molecule is CC1CN(Sc2ccccc2OCC(=O)NCCCN2CCc3ccccc3C2)CCN1C. The molecule has 0 aliphatic carbocycles. The number of rotatable bonds is 9. The van der Waals surface area contributed by atoms with Gasteiger partial charge in [0.2, 0.25) is 0 Å². The molecule has 1 atom stereocenters. The zero-order valence-electron chi connectivity index (χ0n) is 19.8. The lowest BCUT2D eigenvalue weighted by atomic mass is 10.00. The van der Waals surface area contributed by atoms with Gasteiger partial charge in [-0.1, -0.05) is 36.4 Å². The third kappa shape index (κ3) is 6.96. The first kappa shape index (κ1) is 24.1. The van der Waals surface area contributed by atoms with E-state index in [0.29, 0.717) is 12.6 Å². The lowest BCUT2D eigenvalue weighted by Gasteiger charge is -2.36. The van der Waals surface area contributed by atoms with Crippen molar-refractivity contribution in [3.63, 3.8) is 0 Å². The second kappa shape index (κ2) is 11.9. The number of hydrogen-bond donors (Lipinski definition) is 1. The number of benzene rings is 2. The van der Waals surface area contributed by atoms with Gasteiger partial charge in [-0.25, -0.2) is 4.31 Å². The third-order valence-electron chi connectivity index (χ3n) is 6.54. The van der Waals surface area contributed by atoms with E-state index in [1.807, 2.05) is 18.2 Å². The number of likely N-dealkylation sites (N-methyl/N-ethyl adjacent to an activating group) is 1. The topological polar surface area (TPSA) is 48.1 Å². The molecule has 1 saturated heterocycles. The zero-order chi connectivity index (χ0) is 23.0. The van der Waals surface area contributed by atoms with Crippen LogP contribution in [0.3, 0.4) is 0 Å². The van der Waals surface area contributed by atoms with Gasteiger partial charge >= 0.3 is 0 Å². The number of nitrogens with one attached hydrogen (secondary N) is 1. The smallest absolute Gasteiger partial charge is 0.257 e. The van der Waals surface area contributed by atoms with Gasteiger partial charge in [0.1, 0.15) is 5.75 Å². The molecule has 0 radical (unpaired) electrons. The van der Waals surface area contributed by atoms with Crippen LogP contribution in [-0.2, 0) is 17.8 Å². The van der Waals surface area contributed by atoms with Crippen molar-refractivity contribution in [2.45, 2.75) is 37.2 Å². The molecule has 0 spiro atoms. The van der Waals surface area contributed by atoms with Crippen molar-refractivity contribution in [3.05, 3.63) is 59.7 Å². The van der Waals surface area contributed by atoms with Crippen molar-refractivity contribution in [3.8, 4) is 5.75 Å². The molecule has 0 aromatic heterocycles. The summed E-state index contributed by atoms with van der Waals surface area (Å²) in [7, 11) is 2.17. The number of amides is 1. The van der Waals surface area contributed by atoms with Gasteiger partial charge in [-0.3, -0.25) is 9.69 Å². The van der Waals surface area contributed by atoms with Gasteiger partial charge in [0.25, 0.3) is 5.91 Å². The minimum absolute atomic E-state index is 0.0494. The quantitative estimate of drug-likeness (QED) is 0.450.